The highest BCUT2D eigenvalue weighted by Gasteiger charge is 2.09. The van der Waals surface area contributed by atoms with Crippen molar-refractivity contribution in [2.75, 3.05) is 6.61 Å². The summed E-state index contributed by atoms with van der Waals surface area (Å²) in [4.78, 5) is 10.9. The Morgan fingerprint density at radius 2 is 1.80 bits per heavy atom. The average Bonchev–Trinajstić information content (AvgIpc) is 2.43. The highest BCUT2D eigenvalue weighted by molar-refractivity contribution is 6.33. The van der Waals surface area contributed by atoms with Gasteiger partial charge in [-0.3, -0.25) is 0 Å². The van der Waals surface area contributed by atoms with Crippen molar-refractivity contribution in [1.82, 2.24) is 0 Å². The maximum Gasteiger partial charge on any atom is 0.337 e. The summed E-state index contributed by atoms with van der Waals surface area (Å²) in [5, 5.41) is 9.20. The van der Waals surface area contributed by atoms with Crippen LogP contribution < -0.4 is 4.74 Å². The van der Waals surface area contributed by atoms with E-state index in [4.69, 9.17) is 21.4 Å². The molecule has 0 bridgehead atoms. The summed E-state index contributed by atoms with van der Waals surface area (Å²) in [5.74, 6) is -0.464. The molecule has 0 aliphatic carbocycles. The first kappa shape index (κ1) is 16.8. The second-order valence-electron chi connectivity index (χ2n) is 4.92. The van der Waals surface area contributed by atoms with E-state index in [1.165, 1.54) is 38.2 Å². The Hall–Kier alpha value is -1.22. The van der Waals surface area contributed by atoms with Gasteiger partial charge in [-0.1, -0.05) is 57.0 Å². The highest BCUT2D eigenvalue weighted by Crippen LogP contribution is 2.22. The molecule has 0 saturated carbocycles. The van der Waals surface area contributed by atoms with Crippen molar-refractivity contribution in [3.05, 3.63) is 28.8 Å². The quantitative estimate of drug-likeness (QED) is 0.606. The molecule has 1 rings (SSSR count). The molecule has 0 aromatic heterocycles. The van der Waals surface area contributed by atoms with E-state index < -0.39 is 5.97 Å². The van der Waals surface area contributed by atoms with Gasteiger partial charge < -0.3 is 9.84 Å². The number of hydrogen-bond donors (Lipinski definition) is 1. The first-order valence-electron chi connectivity index (χ1n) is 7.30. The number of halogens is 1. The molecule has 0 heterocycles. The predicted octanol–water partition coefficient (Wildman–Crippen LogP) is 5.17. The van der Waals surface area contributed by atoms with Crippen LogP contribution in [-0.4, -0.2) is 17.7 Å². The monoisotopic (exact) mass is 298 g/mol. The lowest BCUT2D eigenvalue weighted by Gasteiger charge is -2.07. The molecule has 0 saturated heterocycles. The normalized spacial score (nSPS) is 10.5. The van der Waals surface area contributed by atoms with Crippen LogP contribution >= 0.6 is 11.6 Å². The minimum Gasteiger partial charge on any atom is -0.494 e. The lowest BCUT2D eigenvalue weighted by Crippen LogP contribution is -2.01. The predicted molar refractivity (Wildman–Crippen MR) is 81.9 cm³/mol. The van der Waals surface area contributed by atoms with Gasteiger partial charge in [0.25, 0.3) is 0 Å². The Kier molecular flexibility index (Phi) is 8.12. The van der Waals surface area contributed by atoms with Gasteiger partial charge in [0.15, 0.2) is 0 Å². The van der Waals surface area contributed by atoms with Gasteiger partial charge in [-0.25, -0.2) is 4.79 Å². The van der Waals surface area contributed by atoms with Gasteiger partial charge in [0.05, 0.1) is 17.2 Å². The molecule has 0 fully saturated rings. The molecule has 0 amide bonds. The van der Waals surface area contributed by atoms with Crippen LogP contribution in [0.2, 0.25) is 5.02 Å². The zero-order valence-corrected chi connectivity index (χ0v) is 12.8. The van der Waals surface area contributed by atoms with Crippen molar-refractivity contribution >= 4 is 17.6 Å². The standard InChI is InChI=1S/C16H23ClO3/c1-2-3-4-5-6-7-8-11-20-13-9-10-15(17)14(12-13)16(18)19/h9-10,12H,2-8,11H2,1H3,(H,18,19). The van der Waals surface area contributed by atoms with Crippen molar-refractivity contribution in [3.8, 4) is 5.75 Å². The third-order valence-electron chi connectivity index (χ3n) is 3.18. The third-order valence-corrected chi connectivity index (χ3v) is 3.51. The fourth-order valence-corrected chi connectivity index (χ4v) is 2.21. The maximum absolute atomic E-state index is 10.9. The van der Waals surface area contributed by atoms with E-state index in [0.717, 1.165) is 12.8 Å². The van der Waals surface area contributed by atoms with E-state index in [1.54, 1.807) is 12.1 Å². The molecule has 112 valence electrons. The summed E-state index contributed by atoms with van der Waals surface area (Å²) >= 11 is 5.80. The summed E-state index contributed by atoms with van der Waals surface area (Å²) in [5.41, 5.74) is 0.0868. The Bertz CT molecular complexity index is 418. The Morgan fingerprint density at radius 1 is 1.15 bits per heavy atom. The first-order valence-corrected chi connectivity index (χ1v) is 7.68. The molecule has 0 spiro atoms. The molecular weight excluding hydrogens is 276 g/mol. The topological polar surface area (TPSA) is 46.5 Å². The molecule has 4 heteroatoms. The van der Waals surface area contributed by atoms with Crippen molar-refractivity contribution < 1.29 is 14.6 Å². The molecule has 0 aliphatic heterocycles. The summed E-state index contributed by atoms with van der Waals surface area (Å²) < 4.78 is 5.56. The number of benzene rings is 1. The molecule has 0 aliphatic rings. The van der Waals surface area contributed by atoms with Gasteiger partial charge in [-0.15, -0.1) is 0 Å². The zero-order valence-electron chi connectivity index (χ0n) is 12.0. The molecule has 3 nitrogen and oxygen atoms in total. The number of carboxylic acids is 1. The van der Waals surface area contributed by atoms with Crippen LogP contribution in [0.5, 0.6) is 5.75 Å². The van der Waals surface area contributed by atoms with Crippen molar-refractivity contribution in [1.29, 1.82) is 0 Å². The van der Waals surface area contributed by atoms with E-state index in [0.29, 0.717) is 12.4 Å². The molecule has 20 heavy (non-hydrogen) atoms. The number of aromatic carboxylic acids is 1. The molecule has 1 aromatic rings. The van der Waals surface area contributed by atoms with Gasteiger partial charge >= 0.3 is 5.97 Å². The van der Waals surface area contributed by atoms with Gasteiger partial charge in [0, 0.05) is 0 Å². The second-order valence-corrected chi connectivity index (χ2v) is 5.32. The van der Waals surface area contributed by atoms with Gasteiger partial charge in [-0.2, -0.15) is 0 Å². The molecule has 0 radical (unpaired) electrons. The van der Waals surface area contributed by atoms with E-state index in [1.807, 2.05) is 0 Å². The SMILES string of the molecule is CCCCCCCCCOc1ccc(Cl)c(C(=O)O)c1. The van der Waals surface area contributed by atoms with E-state index in [2.05, 4.69) is 6.92 Å². The number of ether oxygens (including phenoxy) is 1. The highest BCUT2D eigenvalue weighted by atomic mass is 35.5. The number of carboxylic acid groups (broad SMARTS) is 1. The van der Waals surface area contributed by atoms with Crippen molar-refractivity contribution in [2.45, 2.75) is 51.9 Å². The number of rotatable bonds is 10. The van der Waals surface area contributed by atoms with Crippen LogP contribution in [0.15, 0.2) is 18.2 Å². The zero-order chi connectivity index (χ0) is 14.8. The molecule has 0 unspecified atom stereocenters. The Labute approximate surface area is 125 Å². The van der Waals surface area contributed by atoms with E-state index >= 15 is 0 Å². The van der Waals surface area contributed by atoms with Gasteiger partial charge in [0.2, 0.25) is 0 Å². The van der Waals surface area contributed by atoms with E-state index in [9.17, 15) is 4.79 Å². The van der Waals surface area contributed by atoms with Crippen LogP contribution in [0.3, 0.4) is 0 Å². The molecule has 1 aromatic carbocycles. The lowest BCUT2D eigenvalue weighted by atomic mass is 10.1. The number of hydrogen-bond acceptors (Lipinski definition) is 2. The van der Waals surface area contributed by atoms with Crippen LogP contribution in [0.4, 0.5) is 0 Å². The van der Waals surface area contributed by atoms with Crippen LogP contribution in [0.25, 0.3) is 0 Å². The van der Waals surface area contributed by atoms with E-state index in [-0.39, 0.29) is 10.6 Å². The van der Waals surface area contributed by atoms with Crippen LogP contribution in [-0.2, 0) is 0 Å². The second kappa shape index (κ2) is 9.65. The molecular formula is C16H23ClO3. The average molecular weight is 299 g/mol. The van der Waals surface area contributed by atoms with Crippen molar-refractivity contribution in [2.24, 2.45) is 0 Å². The smallest absolute Gasteiger partial charge is 0.337 e. The number of unbranched alkanes of at least 4 members (excludes halogenated alkanes) is 6. The summed E-state index contributed by atoms with van der Waals surface area (Å²) in [6, 6.07) is 4.74. The molecule has 1 N–H and O–H groups in total. The van der Waals surface area contributed by atoms with Crippen LogP contribution in [0, 0.1) is 0 Å². The fourth-order valence-electron chi connectivity index (χ4n) is 2.01. The molecule has 0 atom stereocenters. The Morgan fingerprint density at radius 3 is 2.45 bits per heavy atom. The maximum atomic E-state index is 10.9. The van der Waals surface area contributed by atoms with Gasteiger partial charge in [0.1, 0.15) is 5.75 Å². The fraction of sp³-hybridized carbons (Fsp3) is 0.562. The number of carbonyl (C=O) groups is 1. The van der Waals surface area contributed by atoms with Crippen LogP contribution in [0.1, 0.15) is 62.2 Å². The summed E-state index contributed by atoms with van der Waals surface area (Å²) in [6.07, 6.45) is 8.59. The first-order chi connectivity index (χ1) is 9.65. The largest absolute Gasteiger partial charge is 0.494 e. The minimum absolute atomic E-state index is 0.0868. The third kappa shape index (κ3) is 6.29. The van der Waals surface area contributed by atoms with Gasteiger partial charge in [-0.05, 0) is 24.6 Å². The summed E-state index contributed by atoms with van der Waals surface area (Å²) in [6.45, 7) is 2.83. The lowest BCUT2D eigenvalue weighted by molar-refractivity contribution is 0.0696. The summed E-state index contributed by atoms with van der Waals surface area (Å²) in [7, 11) is 0. The van der Waals surface area contributed by atoms with Crippen molar-refractivity contribution in [3.63, 3.8) is 0 Å². The Balaban J connectivity index is 2.22. The minimum atomic E-state index is -1.03.